The van der Waals surface area contributed by atoms with Crippen molar-refractivity contribution in [1.29, 1.82) is 0 Å². The van der Waals surface area contributed by atoms with Gasteiger partial charge in [-0.25, -0.2) is 8.42 Å². The maximum absolute atomic E-state index is 11.4. The summed E-state index contributed by atoms with van der Waals surface area (Å²) in [4.78, 5) is 2.00. The normalized spacial score (nSPS) is 25.2. The van der Waals surface area contributed by atoms with Crippen LogP contribution in [0.25, 0.3) is 0 Å². The Morgan fingerprint density at radius 3 is 2.94 bits per heavy atom. The van der Waals surface area contributed by atoms with Gasteiger partial charge in [-0.1, -0.05) is 0 Å². The second kappa shape index (κ2) is 5.00. The summed E-state index contributed by atoms with van der Waals surface area (Å²) in [7, 11) is -0.932. The molecule has 4 nitrogen and oxygen atoms in total. The third-order valence-corrected chi connectivity index (χ3v) is 5.24. The second-order valence-electron chi connectivity index (χ2n) is 4.48. The Hall–Kier alpha value is -0.520. The van der Waals surface area contributed by atoms with Crippen molar-refractivity contribution in [3.8, 4) is 0 Å². The van der Waals surface area contributed by atoms with Crippen LogP contribution in [0.3, 0.4) is 0 Å². The van der Waals surface area contributed by atoms with Crippen molar-refractivity contribution in [3.05, 3.63) is 24.2 Å². The minimum atomic E-state index is -2.84. The maximum atomic E-state index is 11.4. The third kappa shape index (κ3) is 3.24. The summed E-state index contributed by atoms with van der Waals surface area (Å²) in [5.74, 6) is 1.25. The SMILES string of the molecule is CN(CC(Cl)c1ccco1)C1CCS(=O)(=O)C1. The van der Waals surface area contributed by atoms with Crippen LogP contribution in [0.2, 0.25) is 0 Å². The van der Waals surface area contributed by atoms with Crippen LogP contribution in [-0.2, 0) is 9.84 Å². The number of rotatable bonds is 4. The molecule has 1 aromatic heterocycles. The van der Waals surface area contributed by atoms with E-state index in [0.717, 1.165) is 5.76 Å². The van der Waals surface area contributed by atoms with Gasteiger partial charge in [-0.15, -0.1) is 11.6 Å². The lowest BCUT2D eigenvalue weighted by Gasteiger charge is -2.24. The molecule has 0 amide bonds. The summed E-state index contributed by atoms with van der Waals surface area (Å²) in [5, 5.41) is -0.238. The molecule has 1 aliphatic heterocycles. The zero-order valence-electron chi connectivity index (χ0n) is 9.67. The van der Waals surface area contributed by atoms with Gasteiger partial charge < -0.3 is 9.32 Å². The molecule has 1 saturated heterocycles. The average Bonchev–Trinajstić information content (AvgIpc) is 2.86. The summed E-state index contributed by atoms with van der Waals surface area (Å²) in [6.07, 6.45) is 2.28. The predicted molar refractivity (Wildman–Crippen MR) is 67.0 cm³/mol. The fraction of sp³-hybridized carbons (Fsp3) is 0.636. The molecule has 0 bridgehead atoms. The minimum Gasteiger partial charge on any atom is -0.468 e. The summed E-state index contributed by atoms with van der Waals surface area (Å²) in [5.41, 5.74) is 0. The van der Waals surface area contributed by atoms with Gasteiger partial charge in [0, 0.05) is 12.6 Å². The van der Waals surface area contributed by atoms with E-state index >= 15 is 0 Å². The van der Waals surface area contributed by atoms with Crippen LogP contribution in [0.15, 0.2) is 22.8 Å². The molecule has 1 aliphatic rings. The monoisotopic (exact) mass is 277 g/mol. The molecule has 6 heteroatoms. The van der Waals surface area contributed by atoms with Crippen LogP contribution in [0.4, 0.5) is 0 Å². The van der Waals surface area contributed by atoms with Crippen LogP contribution < -0.4 is 0 Å². The molecule has 2 rings (SSSR count). The Kier molecular flexibility index (Phi) is 3.80. The summed E-state index contributed by atoms with van der Waals surface area (Å²) >= 11 is 6.21. The lowest BCUT2D eigenvalue weighted by atomic mass is 10.2. The fourth-order valence-corrected chi connectivity index (χ4v) is 4.23. The molecule has 0 radical (unpaired) electrons. The molecule has 96 valence electrons. The van der Waals surface area contributed by atoms with Gasteiger partial charge in [0.15, 0.2) is 9.84 Å². The van der Waals surface area contributed by atoms with E-state index in [-0.39, 0.29) is 22.9 Å². The van der Waals surface area contributed by atoms with E-state index in [1.54, 1.807) is 12.3 Å². The van der Waals surface area contributed by atoms with Gasteiger partial charge in [0.2, 0.25) is 0 Å². The molecule has 0 spiro atoms. The highest BCUT2D eigenvalue weighted by Gasteiger charge is 2.31. The van der Waals surface area contributed by atoms with Crippen LogP contribution in [0, 0.1) is 0 Å². The number of nitrogens with zero attached hydrogens (tertiary/aromatic N) is 1. The predicted octanol–water partition coefficient (Wildman–Crippen LogP) is 1.68. The highest BCUT2D eigenvalue weighted by atomic mass is 35.5. The van der Waals surface area contributed by atoms with Gasteiger partial charge in [-0.2, -0.15) is 0 Å². The highest BCUT2D eigenvalue weighted by molar-refractivity contribution is 7.91. The molecule has 2 atom stereocenters. The van der Waals surface area contributed by atoms with E-state index in [2.05, 4.69) is 0 Å². The first-order valence-electron chi connectivity index (χ1n) is 5.56. The molecule has 0 aliphatic carbocycles. The van der Waals surface area contributed by atoms with Crippen molar-refractivity contribution in [2.75, 3.05) is 25.1 Å². The van der Waals surface area contributed by atoms with Crippen LogP contribution in [0.5, 0.6) is 0 Å². The van der Waals surface area contributed by atoms with Crippen molar-refractivity contribution in [1.82, 2.24) is 4.90 Å². The molecule has 0 saturated carbocycles. The van der Waals surface area contributed by atoms with Gasteiger partial charge in [0.25, 0.3) is 0 Å². The second-order valence-corrected chi connectivity index (χ2v) is 7.23. The first-order chi connectivity index (χ1) is 7.98. The van der Waals surface area contributed by atoms with Crippen LogP contribution in [0.1, 0.15) is 17.6 Å². The van der Waals surface area contributed by atoms with Gasteiger partial charge in [0.05, 0.1) is 17.8 Å². The molecule has 0 N–H and O–H groups in total. The van der Waals surface area contributed by atoms with E-state index in [1.807, 2.05) is 18.0 Å². The van der Waals surface area contributed by atoms with Crippen molar-refractivity contribution >= 4 is 21.4 Å². The van der Waals surface area contributed by atoms with E-state index in [1.165, 1.54) is 0 Å². The number of likely N-dealkylation sites (N-methyl/N-ethyl adjacent to an activating group) is 1. The van der Waals surface area contributed by atoms with Crippen molar-refractivity contribution in [3.63, 3.8) is 0 Å². The Morgan fingerprint density at radius 2 is 2.41 bits per heavy atom. The molecular formula is C11H16ClNO3S. The average molecular weight is 278 g/mol. The first kappa shape index (κ1) is 12.9. The summed E-state index contributed by atoms with van der Waals surface area (Å²) < 4.78 is 28.0. The molecule has 2 unspecified atom stereocenters. The number of alkyl halides is 1. The standard InChI is InChI=1S/C11H16ClNO3S/c1-13(9-4-6-17(14,15)8-9)7-10(12)11-3-2-5-16-11/h2-3,5,9-10H,4,6-8H2,1H3. The number of halogens is 1. The summed E-state index contributed by atoms with van der Waals surface area (Å²) in [6, 6.07) is 3.71. The largest absolute Gasteiger partial charge is 0.468 e. The zero-order valence-corrected chi connectivity index (χ0v) is 11.2. The highest BCUT2D eigenvalue weighted by Crippen LogP contribution is 2.24. The molecule has 0 aromatic carbocycles. The van der Waals surface area contributed by atoms with E-state index in [0.29, 0.717) is 13.0 Å². The lowest BCUT2D eigenvalue weighted by Crippen LogP contribution is -2.34. The first-order valence-corrected chi connectivity index (χ1v) is 7.82. The molecule has 1 fully saturated rings. The van der Waals surface area contributed by atoms with E-state index in [4.69, 9.17) is 16.0 Å². The van der Waals surface area contributed by atoms with Gasteiger partial charge in [-0.05, 0) is 25.6 Å². The Balaban J connectivity index is 1.92. The maximum Gasteiger partial charge on any atom is 0.151 e. The molecule has 2 heterocycles. The Bertz CT molecular complexity index is 457. The summed E-state index contributed by atoms with van der Waals surface area (Å²) in [6.45, 7) is 0.593. The van der Waals surface area contributed by atoms with Crippen molar-refractivity contribution < 1.29 is 12.8 Å². The molecule has 17 heavy (non-hydrogen) atoms. The van der Waals surface area contributed by atoms with Gasteiger partial charge >= 0.3 is 0 Å². The van der Waals surface area contributed by atoms with Crippen LogP contribution >= 0.6 is 11.6 Å². The number of furan rings is 1. The lowest BCUT2D eigenvalue weighted by molar-refractivity contribution is 0.255. The zero-order chi connectivity index (χ0) is 12.5. The molecule has 1 aromatic rings. The van der Waals surface area contributed by atoms with Crippen LogP contribution in [-0.4, -0.2) is 44.5 Å². The Morgan fingerprint density at radius 1 is 1.65 bits per heavy atom. The number of hydrogen-bond acceptors (Lipinski definition) is 4. The molecular weight excluding hydrogens is 262 g/mol. The smallest absolute Gasteiger partial charge is 0.151 e. The fourth-order valence-electron chi connectivity index (χ4n) is 2.08. The van der Waals surface area contributed by atoms with Crippen molar-refractivity contribution in [2.45, 2.75) is 17.8 Å². The minimum absolute atomic E-state index is 0.0798. The van der Waals surface area contributed by atoms with Gasteiger partial charge in [-0.3, -0.25) is 0 Å². The third-order valence-electron chi connectivity index (χ3n) is 3.13. The van der Waals surface area contributed by atoms with Crippen molar-refractivity contribution in [2.24, 2.45) is 0 Å². The van der Waals surface area contributed by atoms with E-state index in [9.17, 15) is 8.42 Å². The number of sulfone groups is 1. The van der Waals surface area contributed by atoms with E-state index < -0.39 is 9.84 Å². The topological polar surface area (TPSA) is 50.5 Å². The number of hydrogen-bond donors (Lipinski definition) is 0. The quantitative estimate of drug-likeness (QED) is 0.786. The Labute approximate surface area is 106 Å². The van der Waals surface area contributed by atoms with Gasteiger partial charge in [0.1, 0.15) is 11.1 Å².